The predicted octanol–water partition coefficient (Wildman–Crippen LogP) is 3.47. The zero-order chi connectivity index (χ0) is 13.4. The molecular formula is C14H21NO2S. The normalized spacial score (nSPS) is 11.5. The Hall–Kier alpha value is -1.13. The molecule has 1 aromatic heterocycles. The van der Waals surface area contributed by atoms with E-state index in [1.54, 1.807) is 17.4 Å². The Morgan fingerprint density at radius 2 is 2.22 bits per heavy atom. The number of carboxylic acids is 1. The van der Waals surface area contributed by atoms with Gasteiger partial charge in [-0.05, 0) is 37.7 Å². The maximum Gasteiger partial charge on any atom is 0.328 e. The van der Waals surface area contributed by atoms with Crippen LogP contribution in [-0.4, -0.2) is 29.1 Å². The topological polar surface area (TPSA) is 40.5 Å². The summed E-state index contributed by atoms with van der Waals surface area (Å²) in [6.07, 6.45) is 5.28. The van der Waals surface area contributed by atoms with E-state index in [4.69, 9.17) is 5.11 Å². The molecule has 3 nitrogen and oxygen atoms in total. The van der Waals surface area contributed by atoms with Gasteiger partial charge >= 0.3 is 5.97 Å². The molecule has 0 fully saturated rings. The lowest BCUT2D eigenvalue weighted by molar-refractivity contribution is -0.131. The van der Waals surface area contributed by atoms with Gasteiger partial charge in [0.25, 0.3) is 0 Å². The Balaban J connectivity index is 2.54. The largest absolute Gasteiger partial charge is 0.478 e. The summed E-state index contributed by atoms with van der Waals surface area (Å²) in [6, 6.07) is 4.06. The third kappa shape index (κ3) is 5.47. The maximum atomic E-state index is 10.4. The van der Waals surface area contributed by atoms with E-state index in [0.29, 0.717) is 0 Å². The summed E-state index contributed by atoms with van der Waals surface area (Å²) in [4.78, 5) is 15.1. The Morgan fingerprint density at radius 1 is 1.44 bits per heavy atom. The monoisotopic (exact) mass is 267 g/mol. The molecule has 1 N–H and O–H groups in total. The number of hydrogen-bond donors (Lipinski definition) is 1. The Kier molecular flexibility index (Phi) is 6.68. The zero-order valence-corrected chi connectivity index (χ0v) is 11.9. The molecule has 0 aliphatic heterocycles. The molecule has 1 heterocycles. The summed E-state index contributed by atoms with van der Waals surface area (Å²) in [5.41, 5.74) is 0. The van der Waals surface area contributed by atoms with Crippen LogP contribution in [0.4, 0.5) is 0 Å². The molecule has 0 atom stereocenters. The fourth-order valence-corrected chi connectivity index (χ4v) is 2.63. The lowest BCUT2D eigenvalue weighted by Crippen LogP contribution is -2.23. The van der Waals surface area contributed by atoms with Crippen LogP contribution in [0, 0.1) is 0 Å². The van der Waals surface area contributed by atoms with Crippen LogP contribution < -0.4 is 0 Å². The third-order valence-corrected chi connectivity index (χ3v) is 3.76. The average molecular weight is 267 g/mol. The first-order chi connectivity index (χ1) is 8.65. The minimum atomic E-state index is -0.900. The molecule has 0 aromatic carbocycles. The summed E-state index contributed by atoms with van der Waals surface area (Å²) in [7, 11) is 0. The van der Waals surface area contributed by atoms with E-state index in [1.807, 2.05) is 6.07 Å². The summed E-state index contributed by atoms with van der Waals surface area (Å²) >= 11 is 1.66. The molecule has 0 saturated heterocycles. The second-order valence-electron chi connectivity index (χ2n) is 4.20. The quantitative estimate of drug-likeness (QED) is 0.733. The van der Waals surface area contributed by atoms with Crippen LogP contribution in [0.15, 0.2) is 18.2 Å². The van der Waals surface area contributed by atoms with E-state index < -0.39 is 5.97 Å². The fourth-order valence-electron chi connectivity index (χ4n) is 1.67. The molecule has 18 heavy (non-hydrogen) atoms. The highest BCUT2D eigenvalue weighted by molar-refractivity contribution is 7.12. The number of hydrogen-bond acceptors (Lipinski definition) is 3. The van der Waals surface area contributed by atoms with Crippen molar-refractivity contribution in [2.24, 2.45) is 0 Å². The molecule has 0 aliphatic rings. The summed E-state index contributed by atoms with van der Waals surface area (Å²) in [6.45, 7) is 7.52. The van der Waals surface area contributed by atoms with Crippen molar-refractivity contribution in [2.75, 3.05) is 13.1 Å². The van der Waals surface area contributed by atoms with Gasteiger partial charge in [0.05, 0.1) is 0 Å². The Bertz CT molecular complexity index is 398. The lowest BCUT2D eigenvalue weighted by atomic mass is 10.3. The second kappa shape index (κ2) is 8.06. The van der Waals surface area contributed by atoms with Crippen LogP contribution in [0.1, 0.15) is 36.4 Å². The van der Waals surface area contributed by atoms with Gasteiger partial charge in [-0.25, -0.2) is 4.79 Å². The highest BCUT2D eigenvalue weighted by Gasteiger charge is 2.05. The molecule has 1 aromatic rings. The molecule has 4 heteroatoms. The molecule has 1 rings (SSSR count). The molecule has 0 spiro atoms. The van der Waals surface area contributed by atoms with Crippen LogP contribution in [0.25, 0.3) is 6.08 Å². The van der Waals surface area contributed by atoms with Crippen molar-refractivity contribution in [2.45, 2.75) is 33.2 Å². The van der Waals surface area contributed by atoms with Gasteiger partial charge in [-0.15, -0.1) is 11.3 Å². The Labute approximate surface area is 113 Å². The number of carboxylic acid groups (broad SMARTS) is 1. The summed E-state index contributed by atoms with van der Waals surface area (Å²) < 4.78 is 0. The van der Waals surface area contributed by atoms with Gasteiger partial charge in [-0.1, -0.05) is 20.3 Å². The SMILES string of the molecule is CCCCN(CC)Cc1ccc(C=CC(=O)O)s1. The number of rotatable bonds is 8. The van der Waals surface area contributed by atoms with E-state index in [1.165, 1.54) is 23.8 Å². The highest BCUT2D eigenvalue weighted by Crippen LogP contribution is 2.19. The van der Waals surface area contributed by atoms with E-state index >= 15 is 0 Å². The van der Waals surface area contributed by atoms with Gasteiger partial charge in [-0.2, -0.15) is 0 Å². The maximum absolute atomic E-state index is 10.4. The number of aliphatic carboxylic acids is 1. The molecule has 0 amide bonds. The van der Waals surface area contributed by atoms with Crippen molar-refractivity contribution in [3.8, 4) is 0 Å². The van der Waals surface area contributed by atoms with Crippen molar-refractivity contribution in [3.05, 3.63) is 28.0 Å². The molecule has 0 unspecified atom stereocenters. The summed E-state index contributed by atoms with van der Waals surface area (Å²) in [5.74, 6) is -0.900. The minimum absolute atomic E-state index is 0.900. The van der Waals surface area contributed by atoms with E-state index in [0.717, 1.165) is 24.5 Å². The van der Waals surface area contributed by atoms with Gasteiger partial charge in [0.1, 0.15) is 0 Å². The average Bonchev–Trinajstić information content (AvgIpc) is 2.79. The summed E-state index contributed by atoms with van der Waals surface area (Å²) in [5, 5.41) is 8.57. The molecule has 100 valence electrons. The van der Waals surface area contributed by atoms with Crippen LogP contribution in [0.3, 0.4) is 0 Å². The van der Waals surface area contributed by atoms with E-state index in [-0.39, 0.29) is 0 Å². The molecule has 0 radical (unpaired) electrons. The van der Waals surface area contributed by atoms with Gasteiger partial charge in [0.2, 0.25) is 0 Å². The highest BCUT2D eigenvalue weighted by atomic mass is 32.1. The van der Waals surface area contributed by atoms with Crippen LogP contribution >= 0.6 is 11.3 Å². The van der Waals surface area contributed by atoms with Gasteiger partial charge in [-0.3, -0.25) is 4.90 Å². The van der Waals surface area contributed by atoms with E-state index in [2.05, 4.69) is 24.8 Å². The molecule has 0 saturated carbocycles. The van der Waals surface area contributed by atoms with Crippen molar-refractivity contribution in [3.63, 3.8) is 0 Å². The van der Waals surface area contributed by atoms with E-state index in [9.17, 15) is 4.79 Å². The molecular weight excluding hydrogens is 246 g/mol. The van der Waals surface area contributed by atoms with Crippen molar-refractivity contribution < 1.29 is 9.90 Å². The standard InChI is InChI=1S/C14H21NO2S/c1-3-5-10-15(4-2)11-13-7-6-12(18-13)8-9-14(16)17/h6-9H,3-5,10-11H2,1-2H3,(H,16,17). The number of carbonyl (C=O) groups is 1. The fraction of sp³-hybridized carbons (Fsp3) is 0.500. The third-order valence-electron chi connectivity index (χ3n) is 2.73. The van der Waals surface area contributed by atoms with Crippen molar-refractivity contribution in [1.29, 1.82) is 0 Å². The van der Waals surface area contributed by atoms with Gasteiger partial charge in [0, 0.05) is 22.4 Å². The lowest BCUT2D eigenvalue weighted by Gasteiger charge is -2.18. The number of nitrogens with zero attached hydrogens (tertiary/aromatic N) is 1. The molecule has 0 bridgehead atoms. The Morgan fingerprint density at radius 3 is 2.83 bits per heavy atom. The van der Waals surface area contributed by atoms with Gasteiger partial charge in [0.15, 0.2) is 0 Å². The van der Waals surface area contributed by atoms with Gasteiger partial charge < -0.3 is 5.11 Å². The number of unbranched alkanes of at least 4 members (excludes halogenated alkanes) is 1. The van der Waals surface area contributed by atoms with Crippen LogP contribution in [0.2, 0.25) is 0 Å². The van der Waals surface area contributed by atoms with Crippen LogP contribution in [0.5, 0.6) is 0 Å². The molecule has 0 aliphatic carbocycles. The minimum Gasteiger partial charge on any atom is -0.478 e. The zero-order valence-electron chi connectivity index (χ0n) is 11.1. The first-order valence-corrected chi connectivity index (χ1v) is 7.19. The predicted molar refractivity (Wildman–Crippen MR) is 76.8 cm³/mol. The smallest absolute Gasteiger partial charge is 0.328 e. The second-order valence-corrected chi connectivity index (χ2v) is 5.40. The van der Waals surface area contributed by atoms with Crippen molar-refractivity contribution >= 4 is 23.4 Å². The van der Waals surface area contributed by atoms with Crippen molar-refractivity contribution in [1.82, 2.24) is 4.90 Å². The first kappa shape index (κ1) is 14.9. The first-order valence-electron chi connectivity index (χ1n) is 6.37. The van der Waals surface area contributed by atoms with Crippen LogP contribution in [-0.2, 0) is 11.3 Å². The number of thiophene rings is 1.